The summed E-state index contributed by atoms with van der Waals surface area (Å²) in [6.07, 6.45) is 1.48. The van der Waals surface area contributed by atoms with Crippen molar-refractivity contribution in [2.75, 3.05) is 19.1 Å². The second-order valence-electron chi connectivity index (χ2n) is 3.72. The van der Waals surface area contributed by atoms with Gasteiger partial charge in [-0.15, -0.1) is 0 Å². The van der Waals surface area contributed by atoms with Crippen LogP contribution in [0.15, 0.2) is 30.5 Å². The van der Waals surface area contributed by atoms with Gasteiger partial charge in [0, 0.05) is 12.7 Å². The molecule has 0 aliphatic heterocycles. The molecule has 0 fully saturated rings. The lowest BCUT2D eigenvalue weighted by Gasteiger charge is -2.15. The summed E-state index contributed by atoms with van der Waals surface area (Å²) in [7, 11) is 3.16. The average Bonchev–Trinajstić information content (AvgIpc) is 2.95. The third-order valence-electron chi connectivity index (χ3n) is 2.53. The molecular formula is C13H11N3O2S. The van der Waals surface area contributed by atoms with Crippen molar-refractivity contribution in [3.8, 4) is 6.07 Å². The quantitative estimate of drug-likeness (QED) is 0.804. The smallest absolute Gasteiger partial charge is 0.349 e. The summed E-state index contributed by atoms with van der Waals surface area (Å²) >= 11 is 1.24. The highest BCUT2D eigenvalue weighted by Crippen LogP contribution is 2.28. The molecule has 0 spiro atoms. The van der Waals surface area contributed by atoms with E-state index in [0.29, 0.717) is 15.6 Å². The maximum Gasteiger partial charge on any atom is 0.349 e. The average molecular weight is 273 g/mol. The van der Waals surface area contributed by atoms with Crippen molar-refractivity contribution < 1.29 is 9.53 Å². The molecule has 2 aromatic rings. The molecule has 1 heterocycles. The maximum atomic E-state index is 11.4. The Labute approximate surface area is 114 Å². The molecule has 0 amide bonds. The van der Waals surface area contributed by atoms with Gasteiger partial charge >= 0.3 is 5.97 Å². The van der Waals surface area contributed by atoms with Gasteiger partial charge in [0.1, 0.15) is 4.88 Å². The molecule has 5 nitrogen and oxygen atoms in total. The molecule has 0 aliphatic carbocycles. The number of hydrogen-bond acceptors (Lipinski definition) is 6. The van der Waals surface area contributed by atoms with Crippen molar-refractivity contribution in [2.24, 2.45) is 0 Å². The number of hydrogen-bond donors (Lipinski definition) is 0. The summed E-state index contributed by atoms with van der Waals surface area (Å²) in [5.74, 6) is -0.400. The topological polar surface area (TPSA) is 66.2 Å². The highest BCUT2D eigenvalue weighted by atomic mass is 32.1. The van der Waals surface area contributed by atoms with Gasteiger partial charge in [-0.3, -0.25) is 0 Å². The zero-order valence-corrected chi connectivity index (χ0v) is 11.3. The number of benzene rings is 1. The monoisotopic (exact) mass is 273 g/mol. The molecule has 0 radical (unpaired) electrons. The molecule has 1 aromatic carbocycles. The standard InChI is InChI=1S/C13H11N3O2S/c1-16(10-5-3-4-9(6-10)7-14)13-15-8-11(19-13)12(17)18-2/h3-6,8H,1-2H3. The number of methoxy groups -OCH3 is 1. The zero-order chi connectivity index (χ0) is 13.8. The molecule has 1 aromatic heterocycles. The van der Waals surface area contributed by atoms with E-state index < -0.39 is 5.97 Å². The summed E-state index contributed by atoms with van der Waals surface area (Å²) in [6, 6.07) is 9.27. The van der Waals surface area contributed by atoms with Crippen molar-refractivity contribution in [1.29, 1.82) is 5.26 Å². The minimum Gasteiger partial charge on any atom is -0.465 e. The number of rotatable bonds is 3. The first-order valence-electron chi connectivity index (χ1n) is 5.43. The fourth-order valence-corrected chi connectivity index (χ4v) is 2.33. The minimum atomic E-state index is -0.400. The number of anilines is 2. The third-order valence-corrected chi connectivity index (χ3v) is 3.58. The summed E-state index contributed by atoms with van der Waals surface area (Å²) < 4.78 is 4.64. The second kappa shape index (κ2) is 5.50. The van der Waals surface area contributed by atoms with E-state index >= 15 is 0 Å². The molecule has 0 atom stereocenters. The number of thiazole rings is 1. The van der Waals surface area contributed by atoms with Gasteiger partial charge in [0.25, 0.3) is 0 Å². The van der Waals surface area contributed by atoms with Gasteiger partial charge in [-0.2, -0.15) is 5.26 Å². The third kappa shape index (κ3) is 2.72. The molecule has 96 valence electrons. The Hall–Kier alpha value is -2.39. The van der Waals surface area contributed by atoms with Gasteiger partial charge in [-0.25, -0.2) is 9.78 Å². The van der Waals surface area contributed by atoms with Crippen LogP contribution in [0.3, 0.4) is 0 Å². The first-order valence-corrected chi connectivity index (χ1v) is 6.25. The number of nitriles is 1. The largest absolute Gasteiger partial charge is 0.465 e. The lowest BCUT2D eigenvalue weighted by Crippen LogP contribution is -2.08. The first kappa shape index (κ1) is 13.1. The minimum absolute atomic E-state index is 0.400. The summed E-state index contributed by atoms with van der Waals surface area (Å²) in [4.78, 5) is 17.8. The summed E-state index contributed by atoms with van der Waals surface area (Å²) in [5, 5.41) is 9.54. The lowest BCUT2D eigenvalue weighted by molar-refractivity contribution is 0.0606. The Bertz CT molecular complexity index is 645. The van der Waals surface area contributed by atoms with Gasteiger partial charge in [0.2, 0.25) is 0 Å². The normalized spacial score (nSPS) is 9.74. The van der Waals surface area contributed by atoms with E-state index in [2.05, 4.69) is 15.8 Å². The second-order valence-corrected chi connectivity index (χ2v) is 4.73. The number of carbonyl (C=O) groups is 1. The van der Waals surface area contributed by atoms with E-state index in [0.717, 1.165) is 5.69 Å². The predicted octanol–water partition coefficient (Wildman–Crippen LogP) is 2.57. The van der Waals surface area contributed by atoms with Gasteiger partial charge in [-0.05, 0) is 18.2 Å². The maximum absolute atomic E-state index is 11.4. The van der Waals surface area contributed by atoms with Crippen molar-refractivity contribution in [3.05, 3.63) is 40.9 Å². The Morgan fingerprint density at radius 2 is 2.32 bits per heavy atom. The van der Waals surface area contributed by atoms with Crippen LogP contribution in [0, 0.1) is 11.3 Å². The number of ether oxygens (including phenoxy) is 1. The molecule has 6 heteroatoms. The number of carbonyl (C=O) groups excluding carboxylic acids is 1. The van der Waals surface area contributed by atoms with Crippen molar-refractivity contribution in [3.63, 3.8) is 0 Å². The Morgan fingerprint density at radius 1 is 1.53 bits per heavy atom. The van der Waals surface area contributed by atoms with E-state index in [-0.39, 0.29) is 0 Å². The first-order chi connectivity index (χ1) is 9.15. The molecule has 19 heavy (non-hydrogen) atoms. The van der Waals surface area contributed by atoms with Crippen molar-refractivity contribution in [1.82, 2.24) is 4.98 Å². The molecule has 0 saturated heterocycles. The van der Waals surface area contributed by atoms with Crippen LogP contribution in [0.2, 0.25) is 0 Å². The summed E-state index contributed by atoms with van der Waals surface area (Å²) in [5.41, 5.74) is 1.42. The van der Waals surface area contributed by atoms with Crippen LogP contribution < -0.4 is 4.90 Å². The van der Waals surface area contributed by atoms with E-state index in [1.54, 1.807) is 18.2 Å². The molecule has 0 aliphatic rings. The van der Waals surface area contributed by atoms with Gasteiger partial charge in [0.15, 0.2) is 5.13 Å². The summed E-state index contributed by atoms with van der Waals surface area (Å²) in [6.45, 7) is 0. The SMILES string of the molecule is COC(=O)c1cnc(N(C)c2cccc(C#N)c2)s1. The van der Waals surface area contributed by atoms with Gasteiger partial charge in [-0.1, -0.05) is 17.4 Å². The zero-order valence-electron chi connectivity index (χ0n) is 10.5. The van der Waals surface area contributed by atoms with Crippen molar-refractivity contribution in [2.45, 2.75) is 0 Å². The van der Waals surface area contributed by atoms with Crippen LogP contribution in [-0.2, 0) is 4.74 Å². The van der Waals surface area contributed by atoms with E-state index in [9.17, 15) is 4.79 Å². The van der Waals surface area contributed by atoms with E-state index in [1.165, 1.54) is 24.6 Å². The Balaban J connectivity index is 2.28. The number of aromatic nitrogens is 1. The van der Waals surface area contributed by atoms with Crippen LogP contribution in [0.5, 0.6) is 0 Å². The molecular weight excluding hydrogens is 262 g/mol. The van der Waals surface area contributed by atoms with E-state index in [1.807, 2.05) is 18.0 Å². The van der Waals surface area contributed by atoms with Crippen LogP contribution in [0.4, 0.5) is 10.8 Å². The van der Waals surface area contributed by atoms with Crippen LogP contribution in [0.1, 0.15) is 15.2 Å². The van der Waals surface area contributed by atoms with Crippen LogP contribution >= 0.6 is 11.3 Å². The lowest BCUT2D eigenvalue weighted by atomic mass is 10.2. The molecule has 0 unspecified atom stereocenters. The molecule has 0 bridgehead atoms. The highest BCUT2D eigenvalue weighted by Gasteiger charge is 2.14. The van der Waals surface area contributed by atoms with Crippen LogP contribution in [0.25, 0.3) is 0 Å². The predicted molar refractivity (Wildman–Crippen MR) is 72.7 cm³/mol. The number of nitrogens with zero attached hydrogens (tertiary/aromatic N) is 3. The van der Waals surface area contributed by atoms with Gasteiger partial charge < -0.3 is 9.64 Å². The fourth-order valence-electron chi connectivity index (χ4n) is 1.51. The highest BCUT2D eigenvalue weighted by molar-refractivity contribution is 7.17. The van der Waals surface area contributed by atoms with Gasteiger partial charge in [0.05, 0.1) is 24.9 Å². The molecule has 0 N–H and O–H groups in total. The molecule has 2 rings (SSSR count). The number of esters is 1. The Kier molecular flexibility index (Phi) is 3.78. The molecule has 0 saturated carbocycles. The fraction of sp³-hybridized carbons (Fsp3) is 0.154. The Morgan fingerprint density at radius 3 is 3.00 bits per heavy atom. The van der Waals surface area contributed by atoms with E-state index in [4.69, 9.17) is 5.26 Å². The van der Waals surface area contributed by atoms with Crippen molar-refractivity contribution >= 4 is 28.1 Å². The van der Waals surface area contributed by atoms with Crippen LogP contribution in [-0.4, -0.2) is 25.1 Å².